The molecule has 0 spiro atoms. The summed E-state index contributed by atoms with van der Waals surface area (Å²) in [6, 6.07) is 11.0. The first-order valence-electron chi connectivity index (χ1n) is 5.53. The molecule has 1 unspecified atom stereocenters. The van der Waals surface area contributed by atoms with Crippen LogP contribution in [0, 0.1) is 11.6 Å². The Morgan fingerprint density at radius 2 is 1.72 bits per heavy atom. The van der Waals surface area contributed by atoms with E-state index in [4.69, 9.17) is 0 Å². The van der Waals surface area contributed by atoms with Crippen LogP contribution < -0.4 is 5.32 Å². The number of rotatable bonds is 3. The molecule has 2 aromatic rings. The van der Waals surface area contributed by atoms with Gasteiger partial charge in [-0.05, 0) is 64.8 Å². The van der Waals surface area contributed by atoms with Crippen LogP contribution in [0.25, 0.3) is 0 Å². The zero-order valence-corrected chi connectivity index (χ0v) is 11.3. The van der Waals surface area contributed by atoms with Gasteiger partial charge in [-0.1, -0.05) is 6.07 Å². The molecule has 0 fully saturated rings. The van der Waals surface area contributed by atoms with Crippen molar-refractivity contribution in [2.75, 3.05) is 5.32 Å². The quantitative estimate of drug-likeness (QED) is 0.850. The summed E-state index contributed by atoms with van der Waals surface area (Å²) in [6.45, 7) is 1.96. The van der Waals surface area contributed by atoms with Gasteiger partial charge in [0.25, 0.3) is 0 Å². The van der Waals surface area contributed by atoms with Gasteiger partial charge < -0.3 is 5.32 Å². The van der Waals surface area contributed by atoms with Gasteiger partial charge in [0.05, 0.1) is 4.47 Å². The highest BCUT2D eigenvalue weighted by Crippen LogP contribution is 2.24. The molecule has 2 rings (SSSR count). The maximum Gasteiger partial charge on any atom is 0.137 e. The number of halogens is 3. The van der Waals surface area contributed by atoms with Crippen molar-refractivity contribution >= 4 is 21.6 Å². The van der Waals surface area contributed by atoms with Crippen molar-refractivity contribution in [1.29, 1.82) is 0 Å². The van der Waals surface area contributed by atoms with Crippen LogP contribution in [-0.2, 0) is 0 Å². The molecule has 0 aliphatic carbocycles. The molecule has 0 bridgehead atoms. The third-order valence-corrected chi connectivity index (χ3v) is 3.28. The molecule has 0 aliphatic rings. The average Bonchev–Trinajstić information content (AvgIpc) is 2.35. The Hall–Kier alpha value is -1.42. The predicted molar refractivity (Wildman–Crippen MR) is 72.5 cm³/mol. The van der Waals surface area contributed by atoms with E-state index in [0.29, 0.717) is 4.47 Å². The van der Waals surface area contributed by atoms with E-state index in [1.165, 1.54) is 18.2 Å². The fraction of sp³-hybridized carbons (Fsp3) is 0.143. The van der Waals surface area contributed by atoms with Crippen LogP contribution in [0.4, 0.5) is 14.5 Å². The number of nitrogens with one attached hydrogen (secondary N) is 1. The lowest BCUT2D eigenvalue weighted by Crippen LogP contribution is -2.06. The zero-order valence-electron chi connectivity index (χ0n) is 9.75. The largest absolute Gasteiger partial charge is 0.379 e. The summed E-state index contributed by atoms with van der Waals surface area (Å²) in [5.41, 5.74) is 1.77. The zero-order chi connectivity index (χ0) is 13.1. The van der Waals surface area contributed by atoms with E-state index in [2.05, 4.69) is 21.2 Å². The fourth-order valence-electron chi connectivity index (χ4n) is 1.66. The molecule has 0 saturated carbocycles. The van der Waals surface area contributed by atoms with Crippen LogP contribution in [0.15, 0.2) is 46.9 Å². The lowest BCUT2D eigenvalue weighted by Gasteiger charge is -2.16. The second-order valence-electron chi connectivity index (χ2n) is 4.05. The van der Waals surface area contributed by atoms with Crippen LogP contribution in [0.1, 0.15) is 18.5 Å². The minimum atomic E-state index is -0.285. The number of benzene rings is 2. The van der Waals surface area contributed by atoms with E-state index >= 15 is 0 Å². The van der Waals surface area contributed by atoms with Crippen molar-refractivity contribution in [2.45, 2.75) is 13.0 Å². The van der Waals surface area contributed by atoms with Gasteiger partial charge >= 0.3 is 0 Å². The number of anilines is 1. The molecule has 1 N–H and O–H groups in total. The molecule has 1 nitrogen and oxygen atoms in total. The van der Waals surface area contributed by atoms with E-state index < -0.39 is 0 Å². The first-order chi connectivity index (χ1) is 8.56. The number of hydrogen-bond acceptors (Lipinski definition) is 1. The SMILES string of the molecule is CC(Nc1ccc(F)cc1)c1ccc(F)c(Br)c1. The summed E-state index contributed by atoms with van der Waals surface area (Å²) in [4.78, 5) is 0. The summed E-state index contributed by atoms with van der Waals surface area (Å²) in [6.07, 6.45) is 0. The number of hydrogen-bond donors (Lipinski definition) is 1. The van der Waals surface area contributed by atoms with Gasteiger partial charge in [-0.25, -0.2) is 8.78 Å². The van der Waals surface area contributed by atoms with Gasteiger partial charge in [0.2, 0.25) is 0 Å². The van der Waals surface area contributed by atoms with Gasteiger partial charge in [0, 0.05) is 11.7 Å². The summed E-state index contributed by atoms with van der Waals surface area (Å²) in [5, 5.41) is 3.22. The molecule has 0 saturated heterocycles. The van der Waals surface area contributed by atoms with E-state index in [9.17, 15) is 8.78 Å². The second-order valence-corrected chi connectivity index (χ2v) is 4.90. The molecule has 0 heterocycles. The highest BCUT2D eigenvalue weighted by Gasteiger charge is 2.08. The summed E-state index contributed by atoms with van der Waals surface area (Å²) in [7, 11) is 0. The third-order valence-electron chi connectivity index (χ3n) is 2.67. The van der Waals surface area contributed by atoms with Crippen molar-refractivity contribution < 1.29 is 8.78 Å². The molecule has 2 aromatic carbocycles. The summed E-state index contributed by atoms with van der Waals surface area (Å²) >= 11 is 3.16. The molecule has 1 atom stereocenters. The molecule has 0 aliphatic heterocycles. The minimum Gasteiger partial charge on any atom is -0.379 e. The standard InChI is InChI=1S/C14H12BrF2N/c1-9(10-2-7-14(17)13(15)8-10)18-12-5-3-11(16)4-6-12/h2-9,18H,1H3. The van der Waals surface area contributed by atoms with E-state index in [1.54, 1.807) is 24.3 Å². The first-order valence-corrected chi connectivity index (χ1v) is 6.32. The van der Waals surface area contributed by atoms with E-state index in [0.717, 1.165) is 11.3 Å². The Bertz CT molecular complexity index is 540. The molecule has 0 amide bonds. The van der Waals surface area contributed by atoms with Crippen LogP contribution in [-0.4, -0.2) is 0 Å². The maximum absolute atomic E-state index is 13.1. The van der Waals surface area contributed by atoms with Gasteiger partial charge in [0.15, 0.2) is 0 Å². The van der Waals surface area contributed by atoms with Crippen LogP contribution >= 0.6 is 15.9 Å². The average molecular weight is 312 g/mol. The topological polar surface area (TPSA) is 12.0 Å². The summed E-state index contributed by atoms with van der Waals surface area (Å²) in [5.74, 6) is -0.550. The van der Waals surface area contributed by atoms with Crippen LogP contribution in [0.5, 0.6) is 0 Å². The van der Waals surface area contributed by atoms with Crippen LogP contribution in [0.3, 0.4) is 0 Å². The Morgan fingerprint density at radius 3 is 2.33 bits per heavy atom. The molecule has 0 radical (unpaired) electrons. The Balaban J connectivity index is 2.13. The monoisotopic (exact) mass is 311 g/mol. The van der Waals surface area contributed by atoms with Crippen molar-refractivity contribution in [3.8, 4) is 0 Å². The van der Waals surface area contributed by atoms with E-state index in [1.807, 2.05) is 6.92 Å². The molecule has 4 heteroatoms. The molecular weight excluding hydrogens is 300 g/mol. The molecular formula is C14H12BrF2N. The van der Waals surface area contributed by atoms with Crippen molar-refractivity contribution in [2.24, 2.45) is 0 Å². The van der Waals surface area contributed by atoms with Crippen molar-refractivity contribution in [1.82, 2.24) is 0 Å². The van der Waals surface area contributed by atoms with E-state index in [-0.39, 0.29) is 17.7 Å². The second kappa shape index (κ2) is 5.48. The highest BCUT2D eigenvalue weighted by molar-refractivity contribution is 9.10. The molecule has 18 heavy (non-hydrogen) atoms. The lowest BCUT2D eigenvalue weighted by atomic mass is 10.1. The minimum absolute atomic E-state index is 0.00682. The smallest absolute Gasteiger partial charge is 0.137 e. The normalized spacial score (nSPS) is 12.2. The molecule has 94 valence electrons. The highest BCUT2D eigenvalue weighted by atomic mass is 79.9. The maximum atomic E-state index is 13.1. The predicted octanol–water partition coefficient (Wildman–Crippen LogP) is 4.90. The van der Waals surface area contributed by atoms with Crippen molar-refractivity contribution in [3.05, 3.63) is 64.1 Å². The van der Waals surface area contributed by atoms with Crippen LogP contribution in [0.2, 0.25) is 0 Å². The summed E-state index contributed by atoms with van der Waals surface area (Å²) < 4.78 is 26.3. The van der Waals surface area contributed by atoms with Gasteiger partial charge in [-0.15, -0.1) is 0 Å². The van der Waals surface area contributed by atoms with Gasteiger partial charge in [0.1, 0.15) is 11.6 Å². The van der Waals surface area contributed by atoms with Crippen molar-refractivity contribution in [3.63, 3.8) is 0 Å². The third kappa shape index (κ3) is 3.07. The fourth-order valence-corrected chi connectivity index (χ4v) is 2.06. The van der Waals surface area contributed by atoms with Gasteiger partial charge in [-0.3, -0.25) is 0 Å². The van der Waals surface area contributed by atoms with Gasteiger partial charge in [-0.2, -0.15) is 0 Å². The lowest BCUT2D eigenvalue weighted by molar-refractivity contribution is 0.619. The Kier molecular flexibility index (Phi) is 3.97. The molecule has 0 aromatic heterocycles. The Labute approximate surface area is 113 Å². The Morgan fingerprint density at radius 1 is 1.06 bits per heavy atom. The first kappa shape index (κ1) is 13.0.